The lowest BCUT2D eigenvalue weighted by Gasteiger charge is -2.37. The smallest absolute Gasteiger partial charge is 0.322 e. The van der Waals surface area contributed by atoms with Crippen LogP contribution in [0.2, 0.25) is 0 Å². The molecule has 0 spiro atoms. The van der Waals surface area contributed by atoms with Crippen molar-refractivity contribution in [1.29, 1.82) is 0 Å². The second-order valence-electron chi connectivity index (χ2n) is 6.73. The van der Waals surface area contributed by atoms with Crippen molar-refractivity contribution in [1.82, 2.24) is 5.32 Å². The lowest BCUT2D eigenvalue weighted by Crippen LogP contribution is -2.49. The molecule has 0 fully saturated rings. The number of aliphatic carboxylic acids is 1. The molecule has 2 atom stereocenters. The van der Waals surface area contributed by atoms with Crippen LogP contribution >= 0.6 is 0 Å². The van der Waals surface area contributed by atoms with Crippen LogP contribution < -0.4 is 15.0 Å². The van der Waals surface area contributed by atoms with Gasteiger partial charge >= 0.3 is 12.0 Å². The number of nitrogens with one attached hydrogen (secondary N) is 1. The number of hydrogen-bond acceptors (Lipinski definition) is 3. The quantitative estimate of drug-likeness (QED) is 0.848. The predicted octanol–water partition coefficient (Wildman–Crippen LogP) is 3.41. The van der Waals surface area contributed by atoms with E-state index in [2.05, 4.69) is 5.32 Å². The Kier molecular flexibility index (Phi) is 5.64. The summed E-state index contributed by atoms with van der Waals surface area (Å²) in [5.74, 6) is -0.636. The average molecular weight is 368 g/mol. The van der Waals surface area contributed by atoms with Gasteiger partial charge in [-0.1, -0.05) is 30.3 Å². The van der Waals surface area contributed by atoms with Gasteiger partial charge in [-0.2, -0.15) is 0 Å². The van der Waals surface area contributed by atoms with E-state index in [-0.39, 0.29) is 12.1 Å². The zero-order valence-electron chi connectivity index (χ0n) is 15.5. The van der Waals surface area contributed by atoms with Crippen LogP contribution in [0.4, 0.5) is 10.5 Å². The van der Waals surface area contributed by atoms with E-state index in [1.807, 2.05) is 49.4 Å². The number of para-hydroxylation sites is 1. The summed E-state index contributed by atoms with van der Waals surface area (Å²) in [5.41, 5.74) is 2.47. The average Bonchev–Trinajstić information content (AvgIpc) is 2.67. The highest BCUT2D eigenvalue weighted by atomic mass is 16.5. The van der Waals surface area contributed by atoms with Crippen LogP contribution in [0.5, 0.6) is 5.75 Å². The van der Waals surface area contributed by atoms with Crippen LogP contribution in [-0.2, 0) is 11.2 Å². The number of anilines is 1. The molecule has 2 amide bonds. The van der Waals surface area contributed by atoms with E-state index in [9.17, 15) is 14.7 Å². The monoisotopic (exact) mass is 368 g/mol. The number of carbonyl (C=O) groups excluding carboxylic acids is 1. The molecule has 142 valence electrons. The van der Waals surface area contributed by atoms with Crippen molar-refractivity contribution in [2.75, 3.05) is 18.6 Å². The normalized spacial score (nSPS) is 18.5. The molecule has 0 saturated heterocycles. The number of rotatable bonds is 5. The van der Waals surface area contributed by atoms with E-state index >= 15 is 0 Å². The minimum atomic E-state index is -0.853. The number of methoxy groups -OCH3 is 1. The second kappa shape index (κ2) is 8.12. The molecule has 0 saturated carbocycles. The van der Waals surface area contributed by atoms with Crippen molar-refractivity contribution >= 4 is 17.7 Å². The predicted molar refractivity (Wildman–Crippen MR) is 103 cm³/mol. The first-order chi connectivity index (χ1) is 13.0. The number of hydrogen-bond donors (Lipinski definition) is 2. The first-order valence-corrected chi connectivity index (χ1v) is 9.03. The highest BCUT2D eigenvalue weighted by molar-refractivity contribution is 5.96. The third-order valence-electron chi connectivity index (χ3n) is 4.96. The molecule has 2 N–H and O–H groups in total. The van der Waals surface area contributed by atoms with E-state index < -0.39 is 11.9 Å². The Morgan fingerprint density at radius 3 is 2.56 bits per heavy atom. The van der Waals surface area contributed by atoms with Gasteiger partial charge in [0.1, 0.15) is 5.75 Å². The fraction of sp³-hybridized carbons (Fsp3) is 0.333. The third-order valence-corrected chi connectivity index (χ3v) is 4.96. The molecule has 0 aromatic heterocycles. The topological polar surface area (TPSA) is 78.9 Å². The number of urea groups is 1. The Morgan fingerprint density at radius 2 is 1.89 bits per heavy atom. The van der Waals surface area contributed by atoms with Crippen LogP contribution in [0.25, 0.3) is 0 Å². The molecule has 2 aromatic carbocycles. The molecule has 2 aromatic rings. The van der Waals surface area contributed by atoms with E-state index in [4.69, 9.17) is 4.74 Å². The molecule has 27 heavy (non-hydrogen) atoms. The van der Waals surface area contributed by atoms with Crippen molar-refractivity contribution in [2.45, 2.75) is 31.7 Å². The Hall–Kier alpha value is -3.02. The van der Waals surface area contributed by atoms with Gasteiger partial charge in [0.25, 0.3) is 0 Å². The van der Waals surface area contributed by atoms with Crippen LogP contribution in [0.3, 0.4) is 0 Å². The maximum absolute atomic E-state index is 12.8. The summed E-state index contributed by atoms with van der Waals surface area (Å²) in [6.07, 6.45) is 1.11. The third kappa shape index (κ3) is 4.05. The number of carboxylic acids is 1. The van der Waals surface area contributed by atoms with Gasteiger partial charge in [-0.05, 0) is 49.1 Å². The number of benzene rings is 2. The number of carboxylic acid groups (broad SMARTS) is 1. The second-order valence-corrected chi connectivity index (χ2v) is 6.73. The lowest BCUT2D eigenvalue weighted by atomic mass is 9.86. The van der Waals surface area contributed by atoms with Gasteiger partial charge in [0, 0.05) is 18.3 Å². The van der Waals surface area contributed by atoms with E-state index in [0.29, 0.717) is 30.6 Å². The summed E-state index contributed by atoms with van der Waals surface area (Å²) in [4.78, 5) is 26.0. The van der Waals surface area contributed by atoms with Crippen LogP contribution in [0.15, 0.2) is 48.5 Å². The molecule has 3 rings (SSSR count). The van der Waals surface area contributed by atoms with Gasteiger partial charge in [-0.25, -0.2) is 4.79 Å². The van der Waals surface area contributed by atoms with Gasteiger partial charge in [-0.3, -0.25) is 9.69 Å². The summed E-state index contributed by atoms with van der Waals surface area (Å²) in [6, 6.07) is 14.6. The maximum Gasteiger partial charge on any atom is 0.322 e. The fourth-order valence-corrected chi connectivity index (χ4v) is 3.55. The first-order valence-electron chi connectivity index (χ1n) is 9.03. The van der Waals surface area contributed by atoms with E-state index in [1.54, 1.807) is 18.1 Å². The van der Waals surface area contributed by atoms with Crippen molar-refractivity contribution in [3.63, 3.8) is 0 Å². The van der Waals surface area contributed by atoms with Crippen molar-refractivity contribution < 1.29 is 19.4 Å². The standard InChI is InChI=1S/C21H24N2O4/c1-14-13-18(20(24)25)17-5-3-4-6-19(17)23(14)21(26)22-12-11-15-7-9-16(27-2)10-8-15/h3-10,14,18H,11-13H2,1-2H3,(H,22,26)(H,24,25). The molecule has 6 heteroatoms. The SMILES string of the molecule is COc1ccc(CCNC(=O)N2c3ccccc3C(C(=O)O)CC2C)cc1. The minimum absolute atomic E-state index is 0.193. The Labute approximate surface area is 158 Å². The molecule has 0 aliphatic carbocycles. The van der Waals surface area contributed by atoms with Crippen LogP contribution in [-0.4, -0.2) is 36.8 Å². The number of fused-ring (bicyclic) bond motifs is 1. The summed E-state index contributed by atoms with van der Waals surface area (Å²) in [6.45, 7) is 2.38. The molecule has 1 heterocycles. The number of carbonyl (C=O) groups is 2. The highest BCUT2D eigenvalue weighted by Gasteiger charge is 2.36. The molecule has 1 aliphatic rings. The number of amides is 2. The Morgan fingerprint density at radius 1 is 1.19 bits per heavy atom. The number of nitrogens with zero attached hydrogens (tertiary/aromatic N) is 1. The molecule has 0 bridgehead atoms. The lowest BCUT2D eigenvalue weighted by molar-refractivity contribution is -0.139. The van der Waals surface area contributed by atoms with Gasteiger partial charge in [-0.15, -0.1) is 0 Å². The molecular weight excluding hydrogens is 344 g/mol. The van der Waals surface area contributed by atoms with Gasteiger partial charge < -0.3 is 15.2 Å². The number of ether oxygens (including phenoxy) is 1. The first kappa shape index (κ1) is 18.8. The zero-order valence-corrected chi connectivity index (χ0v) is 15.5. The van der Waals surface area contributed by atoms with Gasteiger partial charge in [0.2, 0.25) is 0 Å². The van der Waals surface area contributed by atoms with E-state index in [0.717, 1.165) is 11.3 Å². The summed E-state index contributed by atoms with van der Waals surface area (Å²) in [7, 11) is 1.63. The molecule has 1 aliphatic heterocycles. The molecule has 6 nitrogen and oxygen atoms in total. The largest absolute Gasteiger partial charge is 0.497 e. The molecular formula is C21H24N2O4. The van der Waals surface area contributed by atoms with Gasteiger partial charge in [0.05, 0.1) is 13.0 Å². The fourth-order valence-electron chi connectivity index (χ4n) is 3.55. The summed E-state index contributed by atoms with van der Waals surface area (Å²) < 4.78 is 5.14. The van der Waals surface area contributed by atoms with Crippen molar-refractivity contribution in [2.24, 2.45) is 0 Å². The zero-order chi connectivity index (χ0) is 19.4. The Balaban J connectivity index is 1.68. The maximum atomic E-state index is 12.8. The van der Waals surface area contributed by atoms with Crippen LogP contribution in [0, 0.1) is 0 Å². The van der Waals surface area contributed by atoms with Crippen molar-refractivity contribution in [3.8, 4) is 5.75 Å². The minimum Gasteiger partial charge on any atom is -0.497 e. The highest BCUT2D eigenvalue weighted by Crippen LogP contribution is 2.38. The summed E-state index contributed by atoms with van der Waals surface area (Å²) in [5, 5.41) is 12.5. The molecule has 0 radical (unpaired) electrons. The summed E-state index contributed by atoms with van der Waals surface area (Å²) >= 11 is 0. The van der Waals surface area contributed by atoms with Gasteiger partial charge in [0.15, 0.2) is 0 Å². The van der Waals surface area contributed by atoms with E-state index in [1.165, 1.54) is 0 Å². The van der Waals surface area contributed by atoms with Crippen LogP contribution in [0.1, 0.15) is 30.4 Å². The Bertz CT molecular complexity index is 819. The van der Waals surface area contributed by atoms with Crippen molar-refractivity contribution in [3.05, 3.63) is 59.7 Å². The molecule has 2 unspecified atom stereocenters.